The van der Waals surface area contributed by atoms with Crippen molar-refractivity contribution in [1.29, 1.82) is 0 Å². The number of fused-ring (bicyclic) bond motifs is 1. The number of thioether (sulfide) groups is 1. The van der Waals surface area contributed by atoms with Crippen molar-refractivity contribution in [3.05, 3.63) is 42.6 Å². The number of aryl methyl sites for hydroxylation is 1. The Morgan fingerprint density at radius 3 is 2.07 bits per heavy atom. The molecule has 0 bridgehead atoms. The third-order valence-corrected chi connectivity index (χ3v) is 10.2. The van der Waals surface area contributed by atoms with Gasteiger partial charge in [-0.1, -0.05) is 103 Å². The highest BCUT2D eigenvalue weighted by atomic mass is 127. The van der Waals surface area contributed by atoms with Crippen LogP contribution in [0.3, 0.4) is 0 Å². The molecule has 246 valence electrons. The van der Waals surface area contributed by atoms with Crippen LogP contribution in [-0.2, 0) is 21.3 Å². The molecule has 1 aromatic heterocycles. The average Bonchev–Trinajstić information content (AvgIpc) is 2.99. The van der Waals surface area contributed by atoms with Gasteiger partial charge >= 0.3 is 6.09 Å². The number of halogens is 1. The van der Waals surface area contributed by atoms with Crippen molar-refractivity contribution in [2.75, 3.05) is 30.9 Å². The lowest BCUT2D eigenvalue weighted by atomic mass is 10.0. The molecule has 2 N–H and O–H groups in total. The van der Waals surface area contributed by atoms with Crippen LogP contribution < -0.4 is 38.6 Å². The third kappa shape index (κ3) is 19.1. The van der Waals surface area contributed by atoms with Crippen LogP contribution in [0.5, 0.6) is 0 Å². The van der Waals surface area contributed by atoms with E-state index in [0.29, 0.717) is 18.7 Å². The van der Waals surface area contributed by atoms with Crippen molar-refractivity contribution in [1.82, 2.24) is 10.0 Å². The van der Waals surface area contributed by atoms with Gasteiger partial charge < -0.3 is 34.0 Å². The van der Waals surface area contributed by atoms with Crippen LogP contribution in [0.25, 0.3) is 10.9 Å². The summed E-state index contributed by atoms with van der Waals surface area (Å²) in [4.78, 5) is 11.8. The van der Waals surface area contributed by atoms with Crippen molar-refractivity contribution in [2.24, 2.45) is 0 Å². The number of carbonyl (C=O) groups excluding carboxylic acids is 1. The largest absolute Gasteiger partial charge is 1.00 e. The molecule has 1 amide bonds. The molecule has 2 aromatic rings. The van der Waals surface area contributed by atoms with E-state index in [1.807, 2.05) is 42.6 Å². The van der Waals surface area contributed by atoms with Crippen molar-refractivity contribution in [3.63, 3.8) is 0 Å². The van der Waals surface area contributed by atoms with E-state index in [9.17, 15) is 13.2 Å². The number of para-hydroxylation sites is 1. The maximum atomic E-state index is 12.7. The molecule has 0 spiro atoms. The van der Waals surface area contributed by atoms with Gasteiger partial charge in [0.15, 0.2) is 6.20 Å². The third-order valence-electron chi connectivity index (χ3n) is 7.55. The first-order chi connectivity index (χ1) is 20.4. The van der Waals surface area contributed by atoms with Crippen molar-refractivity contribution in [2.45, 2.75) is 116 Å². The Morgan fingerprint density at radius 1 is 0.860 bits per heavy atom. The maximum absolute atomic E-state index is 12.7. The van der Waals surface area contributed by atoms with Crippen molar-refractivity contribution >= 4 is 38.8 Å². The maximum Gasteiger partial charge on any atom is 0.407 e. The first-order valence-corrected chi connectivity index (χ1v) is 19.1. The van der Waals surface area contributed by atoms with E-state index >= 15 is 0 Å². The van der Waals surface area contributed by atoms with Gasteiger partial charge in [-0.15, -0.1) is 0 Å². The lowest BCUT2D eigenvalue weighted by Gasteiger charge is -2.18. The number of pyridine rings is 1. The minimum Gasteiger partial charge on any atom is -1.00 e. The van der Waals surface area contributed by atoms with Crippen LogP contribution in [-0.4, -0.2) is 51.5 Å². The zero-order chi connectivity index (χ0) is 30.3. The summed E-state index contributed by atoms with van der Waals surface area (Å²) in [5.41, 5.74) is 1.08. The number of nitrogens with zero attached hydrogens (tertiary/aromatic N) is 1. The van der Waals surface area contributed by atoms with Crippen LogP contribution >= 0.6 is 11.8 Å². The summed E-state index contributed by atoms with van der Waals surface area (Å²) in [6.07, 6.45) is 20.1. The molecule has 0 saturated carbocycles. The minimum absolute atomic E-state index is 0. The van der Waals surface area contributed by atoms with Gasteiger partial charge in [-0.3, -0.25) is 0 Å². The van der Waals surface area contributed by atoms with Gasteiger partial charge in [-0.05, 0) is 24.3 Å². The molecule has 0 radical (unpaired) electrons. The molecule has 0 aliphatic rings. The van der Waals surface area contributed by atoms with Gasteiger partial charge in [-0.2, -0.15) is 16.3 Å². The molecule has 0 fully saturated rings. The summed E-state index contributed by atoms with van der Waals surface area (Å²) in [5.74, 6) is 1.57. The fourth-order valence-electron chi connectivity index (χ4n) is 5.09. The second kappa shape index (κ2) is 25.1. The summed E-state index contributed by atoms with van der Waals surface area (Å²) in [6.45, 7) is 2.96. The Bertz CT molecular complexity index is 1100. The fraction of sp³-hybridized carbons (Fsp3) is 0.697. The summed E-state index contributed by atoms with van der Waals surface area (Å²) in [5, 5.41) is 3.59. The molecule has 1 unspecified atom stereocenters. The Balaban J connectivity index is 0.00000924. The SMILES string of the molecule is CCCCCCCCCCCCCCCCSCC(CNS(=O)(=O)CCC[n+]1cccc2ccccc21)OC(=O)NC.[I-]. The van der Waals surface area contributed by atoms with Gasteiger partial charge in [-0.25, -0.2) is 17.9 Å². The predicted molar refractivity (Wildman–Crippen MR) is 178 cm³/mol. The van der Waals surface area contributed by atoms with Gasteiger partial charge in [0.05, 0.1) is 5.75 Å². The van der Waals surface area contributed by atoms with Gasteiger partial charge in [0, 0.05) is 43.3 Å². The van der Waals surface area contributed by atoms with Gasteiger partial charge in [0.25, 0.3) is 0 Å². The van der Waals surface area contributed by atoms with E-state index in [4.69, 9.17) is 4.74 Å². The highest BCUT2D eigenvalue weighted by Crippen LogP contribution is 2.15. The van der Waals surface area contributed by atoms with Crippen LogP contribution in [0.1, 0.15) is 103 Å². The first kappa shape index (κ1) is 39.9. The number of hydrogen-bond acceptors (Lipinski definition) is 5. The van der Waals surface area contributed by atoms with E-state index in [0.717, 1.165) is 23.1 Å². The Kier molecular flexibility index (Phi) is 23.3. The number of amides is 1. The number of hydrogen-bond donors (Lipinski definition) is 2. The summed E-state index contributed by atoms with van der Waals surface area (Å²) >= 11 is 1.72. The smallest absolute Gasteiger partial charge is 0.407 e. The zero-order valence-electron chi connectivity index (χ0n) is 26.5. The fourth-order valence-corrected chi connectivity index (χ4v) is 7.21. The molecule has 0 saturated heterocycles. The Labute approximate surface area is 283 Å². The second-order valence-corrected chi connectivity index (χ2v) is 14.3. The topological polar surface area (TPSA) is 88.4 Å². The number of benzene rings is 1. The number of nitrogens with one attached hydrogen (secondary N) is 2. The quantitative estimate of drug-likeness (QED) is 0.0895. The van der Waals surface area contributed by atoms with Gasteiger partial charge in [0.1, 0.15) is 12.6 Å². The lowest BCUT2D eigenvalue weighted by Crippen LogP contribution is -3.00. The molecule has 0 aliphatic carbocycles. The first-order valence-electron chi connectivity index (χ1n) is 16.3. The second-order valence-electron chi connectivity index (χ2n) is 11.2. The molecular formula is C33H56IN3O4S2. The molecule has 7 nitrogen and oxygen atoms in total. The molecular weight excluding hydrogens is 693 g/mol. The monoisotopic (exact) mass is 749 g/mol. The van der Waals surface area contributed by atoms with Crippen molar-refractivity contribution < 1.29 is 46.5 Å². The number of ether oxygens (including phenoxy) is 1. The van der Waals surface area contributed by atoms with Crippen molar-refractivity contribution in [3.8, 4) is 0 Å². The molecule has 0 aliphatic heterocycles. The molecule has 2 rings (SSSR count). The summed E-state index contributed by atoms with van der Waals surface area (Å²) in [7, 11) is -1.98. The normalized spacial score (nSPS) is 12.1. The molecule has 43 heavy (non-hydrogen) atoms. The Morgan fingerprint density at radius 2 is 1.44 bits per heavy atom. The van der Waals surface area contributed by atoms with E-state index in [1.54, 1.807) is 11.8 Å². The number of rotatable bonds is 25. The number of aromatic nitrogens is 1. The Hall–Kier alpha value is -1.11. The van der Waals surface area contributed by atoms with E-state index in [-0.39, 0.29) is 36.3 Å². The summed E-state index contributed by atoms with van der Waals surface area (Å²) < 4.78 is 35.5. The lowest BCUT2D eigenvalue weighted by molar-refractivity contribution is -0.671. The minimum atomic E-state index is -3.49. The number of alkyl carbamates (subject to hydrolysis) is 1. The van der Waals surface area contributed by atoms with E-state index < -0.39 is 22.2 Å². The predicted octanol–water partition coefficient (Wildman–Crippen LogP) is 4.38. The van der Waals surface area contributed by atoms with Crippen LogP contribution in [0.4, 0.5) is 4.79 Å². The highest BCUT2D eigenvalue weighted by molar-refractivity contribution is 7.99. The van der Waals surface area contributed by atoms with E-state index in [1.165, 1.54) is 90.5 Å². The molecule has 1 atom stereocenters. The van der Waals surface area contributed by atoms with Crippen LogP contribution in [0.2, 0.25) is 0 Å². The highest BCUT2D eigenvalue weighted by Gasteiger charge is 2.19. The average molecular weight is 750 g/mol. The van der Waals surface area contributed by atoms with Crippen LogP contribution in [0, 0.1) is 0 Å². The zero-order valence-corrected chi connectivity index (χ0v) is 30.3. The molecule has 1 heterocycles. The number of unbranched alkanes of at least 4 members (excludes halogenated alkanes) is 13. The van der Waals surface area contributed by atoms with E-state index in [2.05, 4.69) is 21.5 Å². The molecule has 1 aromatic carbocycles. The van der Waals surface area contributed by atoms with Crippen LogP contribution in [0.15, 0.2) is 42.6 Å². The molecule has 10 heteroatoms. The standard InChI is InChI=1S/C33H55N3O4S2.HI/c1-3-4-5-6-7-8-9-10-11-12-13-14-15-18-26-41-29-31(40-33(37)34-2)28-35-42(38,39)27-20-25-36-24-19-22-30-21-16-17-23-32(30)36;/h16-17,19,21-24,31,35H,3-15,18,20,25-29H2,1-2H3;1H. The van der Waals surface area contributed by atoms with Gasteiger partial charge in [0.2, 0.25) is 15.5 Å². The number of carbonyl (C=O) groups is 1. The summed E-state index contributed by atoms with van der Waals surface area (Å²) in [6, 6.07) is 12.1. The number of sulfonamides is 1.